The molecule has 2 N–H and O–H groups in total. The first-order chi connectivity index (χ1) is 9.91. The molecule has 1 amide bonds. The number of benzene rings is 2. The second-order valence-electron chi connectivity index (χ2n) is 4.85. The van der Waals surface area contributed by atoms with Crippen LogP contribution in [-0.4, -0.2) is 17.9 Å². The molecule has 0 bridgehead atoms. The van der Waals surface area contributed by atoms with Gasteiger partial charge in [0.05, 0.1) is 11.6 Å². The quantitative estimate of drug-likeness (QED) is 0.881. The van der Waals surface area contributed by atoms with E-state index in [0.717, 1.165) is 18.2 Å². The molecular weight excluding hydrogens is 274 g/mol. The van der Waals surface area contributed by atoms with Gasteiger partial charge in [-0.1, -0.05) is 12.1 Å². The van der Waals surface area contributed by atoms with Crippen molar-refractivity contribution in [2.45, 2.75) is 13.0 Å². The van der Waals surface area contributed by atoms with Gasteiger partial charge in [0.1, 0.15) is 11.6 Å². The van der Waals surface area contributed by atoms with Crippen LogP contribution in [0.15, 0.2) is 42.5 Å². The third kappa shape index (κ3) is 3.02. The van der Waals surface area contributed by atoms with Crippen LogP contribution in [0.1, 0.15) is 28.9 Å². The van der Waals surface area contributed by atoms with Crippen LogP contribution in [-0.2, 0) is 0 Å². The fourth-order valence-electron chi connectivity index (χ4n) is 2.10. The van der Waals surface area contributed by atoms with Gasteiger partial charge >= 0.3 is 0 Å². The minimum atomic E-state index is -0.618. The Morgan fingerprint density at radius 3 is 2.52 bits per heavy atom. The maximum Gasteiger partial charge on any atom is 0.256 e. The van der Waals surface area contributed by atoms with E-state index in [2.05, 4.69) is 0 Å². The molecule has 2 aromatic rings. The van der Waals surface area contributed by atoms with Gasteiger partial charge in [0.2, 0.25) is 0 Å². The molecule has 110 valence electrons. The number of hydrogen-bond acceptors (Lipinski definition) is 2. The second kappa shape index (κ2) is 5.91. The number of carbonyl (C=O) groups is 1. The van der Waals surface area contributed by atoms with E-state index in [-0.39, 0.29) is 11.5 Å². The Balaban J connectivity index is 2.31. The predicted molar refractivity (Wildman–Crippen MR) is 77.7 cm³/mol. The van der Waals surface area contributed by atoms with Crippen molar-refractivity contribution in [2.24, 2.45) is 0 Å². The number of rotatable bonds is 3. The van der Waals surface area contributed by atoms with Gasteiger partial charge in [-0.2, -0.15) is 0 Å². The van der Waals surface area contributed by atoms with E-state index < -0.39 is 17.7 Å². The van der Waals surface area contributed by atoms with E-state index in [9.17, 15) is 13.6 Å². The van der Waals surface area contributed by atoms with Gasteiger partial charge in [0.15, 0.2) is 0 Å². The minimum absolute atomic E-state index is 0.125. The minimum Gasteiger partial charge on any atom is -0.398 e. The Morgan fingerprint density at radius 1 is 1.19 bits per heavy atom. The number of amides is 1. The van der Waals surface area contributed by atoms with Crippen LogP contribution in [0.25, 0.3) is 0 Å². The van der Waals surface area contributed by atoms with E-state index in [0.29, 0.717) is 11.3 Å². The smallest absolute Gasteiger partial charge is 0.256 e. The summed E-state index contributed by atoms with van der Waals surface area (Å²) in [6.45, 7) is 1.63. The monoisotopic (exact) mass is 290 g/mol. The van der Waals surface area contributed by atoms with Crippen LogP contribution in [0.4, 0.5) is 14.5 Å². The lowest BCUT2D eigenvalue weighted by molar-refractivity contribution is 0.0741. The Kier molecular flexibility index (Phi) is 4.21. The zero-order valence-electron chi connectivity index (χ0n) is 11.8. The molecule has 0 fully saturated rings. The molecule has 0 aromatic heterocycles. The van der Waals surface area contributed by atoms with Gasteiger partial charge in [-0.15, -0.1) is 0 Å². The lowest BCUT2D eigenvalue weighted by atomic mass is 10.0. The summed E-state index contributed by atoms with van der Waals surface area (Å²) >= 11 is 0. The van der Waals surface area contributed by atoms with E-state index in [1.807, 2.05) is 0 Å². The average molecular weight is 290 g/mol. The number of para-hydroxylation sites is 1. The van der Waals surface area contributed by atoms with Crippen LogP contribution in [0.3, 0.4) is 0 Å². The number of hydrogen-bond donors (Lipinski definition) is 1. The number of nitrogens with zero attached hydrogens (tertiary/aromatic N) is 1. The third-order valence-corrected chi connectivity index (χ3v) is 3.50. The molecule has 21 heavy (non-hydrogen) atoms. The summed E-state index contributed by atoms with van der Waals surface area (Å²) in [6, 6.07) is 9.22. The van der Waals surface area contributed by atoms with Gasteiger partial charge in [-0.05, 0) is 37.3 Å². The summed E-state index contributed by atoms with van der Waals surface area (Å²) in [7, 11) is 1.53. The number of halogens is 2. The van der Waals surface area contributed by atoms with Crippen molar-refractivity contribution in [3.8, 4) is 0 Å². The van der Waals surface area contributed by atoms with Crippen molar-refractivity contribution < 1.29 is 13.6 Å². The van der Waals surface area contributed by atoms with Crippen molar-refractivity contribution in [2.75, 3.05) is 12.8 Å². The maximum absolute atomic E-state index is 13.8. The summed E-state index contributed by atoms with van der Waals surface area (Å²) in [4.78, 5) is 13.7. The molecule has 0 spiro atoms. The molecule has 0 saturated heterocycles. The molecule has 5 heteroatoms. The standard InChI is InChI=1S/C16H16F2N2O/c1-10(13-9-11(17)7-8-14(13)18)20(2)16(21)12-5-3-4-6-15(12)19/h3-10H,19H2,1-2H3. The van der Waals surface area contributed by atoms with Gasteiger partial charge in [-0.3, -0.25) is 4.79 Å². The molecule has 0 radical (unpaired) electrons. The first-order valence-corrected chi connectivity index (χ1v) is 6.48. The summed E-state index contributed by atoms with van der Waals surface area (Å²) in [5.41, 5.74) is 6.58. The highest BCUT2D eigenvalue weighted by atomic mass is 19.1. The zero-order valence-corrected chi connectivity index (χ0v) is 11.8. The van der Waals surface area contributed by atoms with Gasteiger partial charge in [0.25, 0.3) is 5.91 Å². The van der Waals surface area contributed by atoms with Crippen LogP contribution in [0.5, 0.6) is 0 Å². The molecule has 2 rings (SSSR count). The Hall–Kier alpha value is -2.43. The topological polar surface area (TPSA) is 46.3 Å². The first kappa shape index (κ1) is 15.0. The maximum atomic E-state index is 13.8. The number of nitrogen functional groups attached to an aromatic ring is 1. The number of anilines is 1. The molecule has 0 heterocycles. The molecular formula is C16H16F2N2O. The fourth-order valence-corrected chi connectivity index (χ4v) is 2.10. The molecule has 0 aliphatic heterocycles. The molecule has 0 aliphatic carbocycles. The normalized spacial score (nSPS) is 12.0. The van der Waals surface area contributed by atoms with Crippen LogP contribution in [0, 0.1) is 11.6 Å². The van der Waals surface area contributed by atoms with E-state index in [4.69, 9.17) is 5.73 Å². The summed E-state index contributed by atoms with van der Waals surface area (Å²) in [5, 5.41) is 0. The van der Waals surface area contributed by atoms with Gasteiger partial charge in [0, 0.05) is 18.3 Å². The van der Waals surface area contributed by atoms with Crippen molar-refractivity contribution in [1.29, 1.82) is 0 Å². The fraction of sp³-hybridized carbons (Fsp3) is 0.188. The lowest BCUT2D eigenvalue weighted by Crippen LogP contribution is -2.30. The van der Waals surface area contributed by atoms with E-state index in [1.165, 1.54) is 11.9 Å². The highest BCUT2D eigenvalue weighted by molar-refractivity contribution is 5.99. The zero-order chi connectivity index (χ0) is 15.6. The first-order valence-electron chi connectivity index (χ1n) is 6.48. The lowest BCUT2D eigenvalue weighted by Gasteiger charge is -2.26. The highest BCUT2D eigenvalue weighted by Gasteiger charge is 2.22. The van der Waals surface area contributed by atoms with E-state index >= 15 is 0 Å². The van der Waals surface area contributed by atoms with Crippen LogP contribution in [0.2, 0.25) is 0 Å². The third-order valence-electron chi connectivity index (χ3n) is 3.50. The van der Waals surface area contributed by atoms with Crippen molar-refractivity contribution in [1.82, 2.24) is 4.90 Å². The van der Waals surface area contributed by atoms with Crippen LogP contribution < -0.4 is 5.73 Å². The Bertz CT molecular complexity index is 673. The number of carbonyl (C=O) groups excluding carboxylic acids is 1. The molecule has 1 unspecified atom stereocenters. The van der Waals surface area contributed by atoms with E-state index in [1.54, 1.807) is 31.2 Å². The predicted octanol–water partition coefficient (Wildman–Crippen LogP) is 3.38. The molecule has 2 aromatic carbocycles. The number of nitrogens with two attached hydrogens (primary N) is 1. The van der Waals surface area contributed by atoms with Gasteiger partial charge in [-0.25, -0.2) is 8.78 Å². The Morgan fingerprint density at radius 2 is 1.86 bits per heavy atom. The van der Waals surface area contributed by atoms with Crippen molar-refractivity contribution in [3.05, 3.63) is 65.2 Å². The molecule has 3 nitrogen and oxygen atoms in total. The Labute approximate surface area is 122 Å². The second-order valence-corrected chi connectivity index (χ2v) is 4.85. The summed E-state index contributed by atoms with van der Waals surface area (Å²) < 4.78 is 27.1. The van der Waals surface area contributed by atoms with Crippen molar-refractivity contribution in [3.63, 3.8) is 0 Å². The van der Waals surface area contributed by atoms with Gasteiger partial charge < -0.3 is 10.6 Å². The SMILES string of the molecule is CC(c1cc(F)ccc1F)N(C)C(=O)c1ccccc1N. The largest absolute Gasteiger partial charge is 0.398 e. The van der Waals surface area contributed by atoms with Crippen LogP contribution >= 0.6 is 0 Å². The molecule has 0 saturated carbocycles. The molecule has 1 atom stereocenters. The average Bonchev–Trinajstić information content (AvgIpc) is 2.48. The van der Waals surface area contributed by atoms with Crippen molar-refractivity contribution >= 4 is 11.6 Å². The highest BCUT2D eigenvalue weighted by Crippen LogP contribution is 2.25. The summed E-state index contributed by atoms with van der Waals surface area (Å²) in [5.74, 6) is -1.44. The summed E-state index contributed by atoms with van der Waals surface area (Å²) in [6.07, 6.45) is 0. The molecule has 0 aliphatic rings.